The van der Waals surface area contributed by atoms with Crippen molar-refractivity contribution in [2.24, 2.45) is 5.92 Å². The molecule has 5 heteroatoms. The van der Waals surface area contributed by atoms with Gasteiger partial charge in [0, 0.05) is 6.42 Å². The van der Waals surface area contributed by atoms with Crippen molar-refractivity contribution in [3.05, 3.63) is 48.5 Å². The lowest BCUT2D eigenvalue weighted by atomic mass is 10.0. The third kappa shape index (κ3) is 9.59. The molecule has 0 radical (unpaired) electrons. The molecule has 0 aliphatic heterocycles. The normalized spacial score (nSPS) is 12.7. The van der Waals surface area contributed by atoms with E-state index >= 15 is 0 Å². The van der Waals surface area contributed by atoms with E-state index in [2.05, 4.69) is 6.92 Å². The number of carbonyl (C=O) groups excluding carboxylic acids is 2. The lowest BCUT2D eigenvalue weighted by Crippen LogP contribution is -2.26. The molecule has 4 nitrogen and oxygen atoms in total. The summed E-state index contributed by atoms with van der Waals surface area (Å²) in [5.41, 5.74) is 1.95. The minimum absolute atomic E-state index is 0.0570. The van der Waals surface area contributed by atoms with Crippen molar-refractivity contribution in [3.8, 4) is 22.6 Å². The van der Waals surface area contributed by atoms with E-state index in [1.54, 1.807) is 24.3 Å². The van der Waals surface area contributed by atoms with Crippen molar-refractivity contribution < 1.29 is 19.1 Å². The fourth-order valence-corrected chi connectivity index (χ4v) is 3.67. The molecule has 0 unspecified atom stereocenters. The average Bonchev–Trinajstić information content (AvgIpc) is 2.83. The number of carbonyl (C=O) groups is 2. The third-order valence-corrected chi connectivity index (χ3v) is 6.45. The molecule has 2 atom stereocenters. The second kappa shape index (κ2) is 14.7. The molecule has 0 saturated heterocycles. The van der Waals surface area contributed by atoms with E-state index in [0.29, 0.717) is 17.9 Å². The van der Waals surface area contributed by atoms with Crippen molar-refractivity contribution in [1.82, 2.24) is 0 Å². The van der Waals surface area contributed by atoms with Gasteiger partial charge in [0.05, 0.1) is 0 Å². The number of esters is 2. The monoisotopic (exact) mass is 472 g/mol. The molecule has 0 heterocycles. The number of alkyl halides is 1. The Labute approximate surface area is 203 Å². The van der Waals surface area contributed by atoms with Crippen molar-refractivity contribution in [1.29, 1.82) is 0 Å². The fraction of sp³-hybridized carbons (Fsp3) is 0.500. The molecule has 0 amide bonds. The highest BCUT2D eigenvalue weighted by Crippen LogP contribution is 2.26. The van der Waals surface area contributed by atoms with Gasteiger partial charge in [-0.15, -0.1) is 11.6 Å². The van der Waals surface area contributed by atoms with Crippen LogP contribution in [0.5, 0.6) is 11.5 Å². The minimum Gasteiger partial charge on any atom is -0.427 e. The summed E-state index contributed by atoms with van der Waals surface area (Å²) in [6.45, 7) is 6.13. The van der Waals surface area contributed by atoms with Gasteiger partial charge in [0.2, 0.25) is 0 Å². The van der Waals surface area contributed by atoms with Crippen LogP contribution in [0.4, 0.5) is 0 Å². The van der Waals surface area contributed by atoms with E-state index in [4.69, 9.17) is 21.1 Å². The topological polar surface area (TPSA) is 52.6 Å². The van der Waals surface area contributed by atoms with Gasteiger partial charge in [0.25, 0.3) is 0 Å². The van der Waals surface area contributed by atoms with Crippen molar-refractivity contribution in [2.75, 3.05) is 0 Å². The highest BCUT2D eigenvalue weighted by molar-refractivity contribution is 6.30. The van der Waals surface area contributed by atoms with Gasteiger partial charge in [-0.1, -0.05) is 90.0 Å². The van der Waals surface area contributed by atoms with Gasteiger partial charge in [-0.25, -0.2) is 0 Å². The minimum atomic E-state index is -0.657. The number of rotatable bonds is 14. The van der Waals surface area contributed by atoms with Gasteiger partial charge in [-0.2, -0.15) is 0 Å². The first kappa shape index (κ1) is 26.9. The molecule has 0 N–H and O–H groups in total. The Balaban J connectivity index is 1.80. The molecule has 0 spiro atoms. The maximum atomic E-state index is 12.1. The predicted octanol–water partition coefficient (Wildman–Crippen LogP) is 7.96. The molecule has 0 bridgehead atoms. The molecule has 0 aromatic heterocycles. The molecule has 2 rings (SSSR count). The summed E-state index contributed by atoms with van der Waals surface area (Å²) in [5, 5.41) is -0.657. The Morgan fingerprint density at radius 1 is 0.758 bits per heavy atom. The summed E-state index contributed by atoms with van der Waals surface area (Å²) in [5.74, 6) is 0.463. The van der Waals surface area contributed by atoms with Crippen LogP contribution in [0.1, 0.15) is 78.6 Å². The molecular formula is C28H37ClO4. The van der Waals surface area contributed by atoms with E-state index in [0.717, 1.165) is 30.4 Å². The third-order valence-electron chi connectivity index (χ3n) is 5.85. The molecule has 2 aromatic carbocycles. The van der Waals surface area contributed by atoms with E-state index < -0.39 is 11.3 Å². The van der Waals surface area contributed by atoms with Crippen LogP contribution < -0.4 is 9.47 Å². The van der Waals surface area contributed by atoms with Gasteiger partial charge in [0.15, 0.2) is 0 Å². The predicted molar refractivity (Wildman–Crippen MR) is 135 cm³/mol. The Morgan fingerprint density at radius 2 is 1.24 bits per heavy atom. The second-order valence-corrected chi connectivity index (χ2v) is 9.07. The van der Waals surface area contributed by atoms with Crippen LogP contribution in [0.3, 0.4) is 0 Å². The molecule has 0 fully saturated rings. The first-order valence-electron chi connectivity index (χ1n) is 12.2. The van der Waals surface area contributed by atoms with Crippen LogP contribution in [0.15, 0.2) is 48.5 Å². The molecule has 180 valence electrons. The van der Waals surface area contributed by atoms with Crippen LogP contribution in [-0.4, -0.2) is 17.3 Å². The number of ether oxygens (including phenoxy) is 2. The van der Waals surface area contributed by atoms with Crippen LogP contribution in [0, 0.1) is 5.92 Å². The smallest absolute Gasteiger partial charge is 0.329 e. The summed E-state index contributed by atoms with van der Waals surface area (Å²) in [4.78, 5) is 24.2. The lowest BCUT2D eigenvalue weighted by Gasteiger charge is -2.15. The van der Waals surface area contributed by atoms with Crippen LogP contribution in [0.25, 0.3) is 11.1 Å². The maximum Gasteiger partial charge on any atom is 0.329 e. The lowest BCUT2D eigenvalue weighted by molar-refractivity contribution is -0.135. The zero-order chi connectivity index (χ0) is 24.1. The van der Waals surface area contributed by atoms with Crippen molar-refractivity contribution in [3.63, 3.8) is 0 Å². The van der Waals surface area contributed by atoms with E-state index in [9.17, 15) is 9.59 Å². The molecule has 2 aromatic rings. The number of hydrogen-bond donors (Lipinski definition) is 0. The van der Waals surface area contributed by atoms with E-state index in [-0.39, 0.29) is 11.9 Å². The summed E-state index contributed by atoms with van der Waals surface area (Å²) in [6.07, 6.45) is 9.48. The van der Waals surface area contributed by atoms with E-state index in [1.165, 1.54) is 32.1 Å². The molecule has 0 saturated carbocycles. The highest BCUT2D eigenvalue weighted by Gasteiger charge is 2.23. The summed E-state index contributed by atoms with van der Waals surface area (Å²) in [6, 6.07) is 14.7. The maximum absolute atomic E-state index is 12.1. The van der Waals surface area contributed by atoms with Crippen LogP contribution >= 0.6 is 11.6 Å². The average molecular weight is 473 g/mol. The zero-order valence-corrected chi connectivity index (χ0v) is 20.9. The molecular weight excluding hydrogens is 436 g/mol. The van der Waals surface area contributed by atoms with E-state index in [1.807, 2.05) is 38.1 Å². The first-order valence-corrected chi connectivity index (χ1v) is 12.6. The zero-order valence-electron chi connectivity index (χ0n) is 20.1. The molecule has 33 heavy (non-hydrogen) atoms. The first-order chi connectivity index (χ1) is 15.9. The fourth-order valence-electron chi connectivity index (χ4n) is 3.45. The Bertz CT molecular complexity index is 845. The van der Waals surface area contributed by atoms with Crippen molar-refractivity contribution in [2.45, 2.75) is 83.9 Å². The second-order valence-electron chi connectivity index (χ2n) is 8.60. The number of benzene rings is 2. The summed E-state index contributed by atoms with van der Waals surface area (Å²) < 4.78 is 10.8. The molecule has 0 aliphatic carbocycles. The molecule has 0 aliphatic rings. The van der Waals surface area contributed by atoms with Gasteiger partial charge in [-0.05, 0) is 47.7 Å². The number of halogens is 1. The van der Waals surface area contributed by atoms with Gasteiger partial charge >= 0.3 is 11.9 Å². The SMILES string of the molecule is CCCCCCCCCC(=O)Oc1ccc(-c2ccc(OC(=O)[C@@H](Cl)[C@@H](C)CC)cc2)cc1. The summed E-state index contributed by atoms with van der Waals surface area (Å²) >= 11 is 6.16. The van der Waals surface area contributed by atoms with Gasteiger partial charge in [-0.3, -0.25) is 9.59 Å². The van der Waals surface area contributed by atoms with Gasteiger partial charge < -0.3 is 9.47 Å². The van der Waals surface area contributed by atoms with Crippen molar-refractivity contribution >= 4 is 23.5 Å². The van der Waals surface area contributed by atoms with Gasteiger partial charge in [0.1, 0.15) is 16.9 Å². The Hall–Kier alpha value is -2.33. The Kier molecular flexibility index (Phi) is 12.0. The number of unbranched alkanes of at least 4 members (excludes halogenated alkanes) is 6. The van der Waals surface area contributed by atoms with Crippen LogP contribution in [0.2, 0.25) is 0 Å². The van der Waals surface area contributed by atoms with Crippen LogP contribution in [-0.2, 0) is 9.59 Å². The standard InChI is InChI=1S/C28H37ClO4/c1-4-6-7-8-9-10-11-12-26(30)32-24-17-13-22(14-18-24)23-15-19-25(20-16-23)33-28(31)27(29)21(3)5-2/h13-21,27H,4-12H2,1-3H3/t21-,27-/m0/s1. The largest absolute Gasteiger partial charge is 0.427 e. The Morgan fingerprint density at radius 3 is 1.76 bits per heavy atom. The number of hydrogen-bond acceptors (Lipinski definition) is 4. The quantitative estimate of drug-likeness (QED) is 0.121. The summed E-state index contributed by atoms with van der Waals surface area (Å²) in [7, 11) is 0. The highest BCUT2D eigenvalue weighted by atomic mass is 35.5.